The Hall–Kier alpha value is -1.07. The van der Waals surface area contributed by atoms with Crippen molar-refractivity contribution in [3.05, 3.63) is 30.3 Å². The van der Waals surface area contributed by atoms with E-state index in [0.29, 0.717) is 5.69 Å². The van der Waals surface area contributed by atoms with Crippen molar-refractivity contribution >= 4 is 15.9 Å². The molecule has 0 heterocycles. The third-order valence-electron chi connectivity index (χ3n) is 1.32. The van der Waals surface area contributed by atoms with Crippen LogP contribution in [-0.4, -0.2) is 15.0 Å². The minimum Gasteiger partial charge on any atom is -0.270 e. The van der Waals surface area contributed by atoms with Crippen LogP contribution in [0.4, 0.5) is 5.69 Å². The molecule has 0 aliphatic carbocycles. The molecule has 4 nitrogen and oxygen atoms in total. The van der Waals surface area contributed by atoms with Crippen molar-refractivity contribution in [2.45, 2.75) is 6.92 Å². The van der Waals surface area contributed by atoms with Crippen molar-refractivity contribution in [2.24, 2.45) is 0 Å². The lowest BCUT2D eigenvalue weighted by atomic mass is 10.3. The van der Waals surface area contributed by atoms with E-state index >= 15 is 0 Å². The Kier molecular flexibility index (Phi) is 3.27. The number of hydrogen-bond donors (Lipinski definition) is 1. The van der Waals surface area contributed by atoms with Crippen LogP contribution in [0.5, 0.6) is 0 Å². The van der Waals surface area contributed by atoms with Crippen LogP contribution in [0.1, 0.15) is 6.92 Å². The molecule has 0 aliphatic heterocycles. The van der Waals surface area contributed by atoms with Crippen molar-refractivity contribution in [3.63, 3.8) is 0 Å². The molecule has 1 aromatic carbocycles. The van der Waals surface area contributed by atoms with Gasteiger partial charge in [-0.1, -0.05) is 18.2 Å². The first kappa shape index (κ1) is 10.0. The van der Waals surface area contributed by atoms with E-state index in [9.17, 15) is 8.42 Å². The molecule has 0 atom stereocenters. The topological polar surface area (TPSA) is 60.3 Å². The molecule has 0 spiro atoms. The molecule has 1 aromatic rings. The molecule has 5 heteroatoms. The molecule has 0 aliphatic rings. The molecule has 1 rings (SSSR count). The average molecular weight is 199 g/mol. The number of para-hydroxylation sites is 1. The first-order valence-corrected chi connectivity index (χ1v) is 5.34. The predicted molar refractivity (Wildman–Crippen MR) is 51.7 cm³/mol. The van der Waals surface area contributed by atoms with Crippen LogP contribution in [0.25, 0.3) is 0 Å². The van der Waals surface area contributed by atoms with Crippen LogP contribution in [0, 0.1) is 0 Å². The van der Waals surface area contributed by atoms with Gasteiger partial charge in [-0.2, -0.15) is 8.42 Å². The Morgan fingerprint density at radius 1 is 1.31 bits per heavy atom. The Bertz CT molecular complexity index is 348. The maximum atomic E-state index is 11.1. The highest BCUT2D eigenvalue weighted by Crippen LogP contribution is 2.06. The smallest absolute Gasteiger partial charge is 0.270 e. The molecule has 0 fully saturated rings. The number of hydrogen-bond acceptors (Lipinski definition) is 2. The van der Waals surface area contributed by atoms with E-state index in [2.05, 4.69) is 9.44 Å². The van der Waals surface area contributed by atoms with Crippen LogP contribution in [-0.2, 0) is 10.2 Å². The maximum absolute atomic E-state index is 11.1. The molecular weight excluding hydrogens is 188 g/mol. The molecule has 0 amide bonds. The van der Waals surface area contributed by atoms with E-state index in [-0.39, 0.29) is 6.54 Å². The summed E-state index contributed by atoms with van der Waals surface area (Å²) in [5.74, 6) is 0. The van der Waals surface area contributed by atoms with Gasteiger partial charge in [-0.3, -0.25) is 4.72 Å². The van der Waals surface area contributed by atoms with Gasteiger partial charge in [0.05, 0.1) is 0 Å². The molecule has 71 valence electrons. The summed E-state index contributed by atoms with van der Waals surface area (Å²) in [7, 11) is -3.51. The number of rotatable bonds is 4. The standard InChI is InChI=1S/C8H11N2O2S/c1-2-9-13(11,12)10-8-6-4-3-5-7-8/h3-7,10H,2H2,1H3. The first-order valence-electron chi connectivity index (χ1n) is 3.90. The summed E-state index contributed by atoms with van der Waals surface area (Å²) in [6.07, 6.45) is 0. The van der Waals surface area contributed by atoms with Gasteiger partial charge in [-0.15, -0.1) is 4.72 Å². The van der Waals surface area contributed by atoms with E-state index in [4.69, 9.17) is 0 Å². The van der Waals surface area contributed by atoms with Crippen LogP contribution in [0.15, 0.2) is 30.3 Å². The average Bonchev–Trinajstić information content (AvgIpc) is 2.04. The second-order valence-electron chi connectivity index (χ2n) is 2.39. The molecule has 0 aromatic heterocycles. The molecule has 0 saturated heterocycles. The summed E-state index contributed by atoms with van der Waals surface area (Å²) in [6.45, 7) is 1.92. The highest BCUT2D eigenvalue weighted by atomic mass is 32.2. The van der Waals surface area contributed by atoms with Crippen LogP contribution in [0.3, 0.4) is 0 Å². The predicted octanol–water partition coefficient (Wildman–Crippen LogP) is 0.968. The normalized spacial score (nSPS) is 11.2. The summed E-state index contributed by atoms with van der Waals surface area (Å²) >= 11 is 0. The Balaban J connectivity index is 2.70. The molecule has 13 heavy (non-hydrogen) atoms. The van der Waals surface area contributed by atoms with Crippen molar-refractivity contribution in [3.8, 4) is 0 Å². The number of anilines is 1. The SMILES string of the molecule is CC[N]S(=O)(=O)Nc1ccccc1. The van der Waals surface area contributed by atoms with Gasteiger partial charge in [-0.05, 0) is 19.1 Å². The van der Waals surface area contributed by atoms with Gasteiger partial charge in [0, 0.05) is 12.2 Å². The Labute approximate surface area is 78.2 Å². The lowest BCUT2D eigenvalue weighted by Gasteiger charge is -2.04. The van der Waals surface area contributed by atoms with Gasteiger partial charge in [0.25, 0.3) is 0 Å². The van der Waals surface area contributed by atoms with E-state index in [1.54, 1.807) is 31.2 Å². The van der Waals surface area contributed by atoms with Crippen molar-refractivity contribution in [1.82, 2.24) is 4.72 Å². The largest absolute Gasteiger partial charge is 0.315 e. The summed E-state index contributed by atoms with van der Waals surface area (Å²) in [5.41, 5.74) is 0.528. The number of nitrogens with one attached hydrogen (secondary N) is 1. The summed E-state index contributed by atoms with van der Waals surface area (Å²) in [6, 6.07) is 8.66. The Morgan fingerprint density at radius 3 is 2.46 bits per heavy atom. The van der Waals surface area contributed by atoms with Crippen molar-refractivity contribution in [2.75, 3.05) is 11.3 Å². The lowest BCUT2D eigenvalue weighted by molar-refractivity contribution is 0.588. The highest BCUT2D eigenvalue weighted by Gasteiger charge is 2.08. The van der Waals surface area contributed by atoms with E-state index in [1.807, 2.05) is 6.07 Å². The monoisotopic (exact) mass is 199 g/mol. The lowest BCUT2D eigenvalue weighted by Crippen LogP contribution is -2.23. The number of benzene rings is 1. The third kappa shape index (κ3) is 3.43. The van der Waals surface area contributed by atoms with E-state index in [0.717, 1.165) is 0 Å². The van der Waals surface area contributed by atoms with E-state index in [1.165, 1.54) is 0 Å². The highest BCUT2D eigenvalue weighted by molar-refractivity contribution is 7.90. The van der Waals surface area contributed by atoms with Gasteiger partial charge < -0.3 is 0 Å². The number of nitrogens with zero attached hydrogens (tertiary/aromatic N) is 1. The summed E-state index contributed by atoms with van der Waals surface area (Å²) < 4.78 is 28.0. The first-order chi connectivity index (χ1) is 6.14. The maximum Gasteiger partial charge on any atom is 0.315 e. The second kappa shape index (κ2) is 4.25. The van der Waals surface area contributed by atoms with Gasteiger partial charge in [0.1, 0.15) is 0 Å². The van der Waals surface area contributed by atoms with Crippen LogP contribution < -0.4 is 9.44 Å². The molecule has 0 unspecified atom stereocenters. The van der Waals surface area contributed by atoms with Crippen molar-refractivity contribution in [1.29, 1.82) is 0 Å². The summed E-state index contributed by atoms with van der Waals surface area (Å²) in [5, 5.41) is 0. The minimum absolute atomic E-state index is 0.252. The molecule has 1 radical (unpaired) electrons. The quantitative estimate of drug-likeness (QED) is 0.785. The zero-order valence-electron chi connectivity index (χ0n) is 7.27. The van der Waals surface area contributed by atoms with Crippen LogP contribution in [0.2, 0.25) is 0 Å². The van der Waals surface area contributed by atoms with Gasteiger partial charge in [-0.25, -0.2) is 0 Å². The molecular formula is C8H11N2O2S. The molecule has 0 bridgehead atoms. The van der Waals surface area contributed by atoms with E-state index < -0.39 is 10.2 Å². The fourth-order valence-corrected chi connectivity index (χ4v) is 1.70. The summed E-state index contributed by atoms with van der Waals surface area (Å²) in [4.78, 5) is 0. The Morgan fingerprint density at radius 2 is 1.92 bits per heavy atom. The second-order valence-corrected chi connectivity index (χ2v) is 3.80. The zero-order chi connectivity index (χ0) is 9.73. The molecule has 0 saturated carbocycles. The van der Waals surface area contributed by atoms with Crippen molar-refractivity contribution < 1.29 is 8.42 Å². The fraction of sp³-hybridized carbons (Fsp3) is 0.250. The molecule has 1 N–H and O–H groups in total. The van der Waals surface area contributed by atoms with Gasteiger partial charge in [0.2, 0.25) is 0 Å². The van der Waals surface area contributed by atoms with Crippen LogP contribution >= 0.6 is 0 Å². The van der Waals surface area contributed by atoms with Gasteiger partial charge in [0.15, 0.2) is 0 Å². The third-order valence-corrected chi connectivity index (χ3v) is 2.41. The zero-order valence-corrected chi connectivity index (χ0v) is 8.08. The van der Waals surface area contributed by atoms with Gasteiger partial charge >= 0.3 is 10.2 Å². The fourth-order valence-electron chi connectivity index (χ4n) is 0.857. The minimum atomic E-state index is -3.51.